The summed E-state index contributed by atoms with van der Waals surface area (Å²) < 4.78 is 5.10. The molecule has 0 bridgehead atoms. The maximum absolute atomic E-state index is 11.3. The van der Waals surface area contributed by atoms with Crippen LogP contribution in [-0.4, -0.2) is 16.9 Å². The monoisotopic (exact) mass is 211 g/mol. The first-order valence-corrected chi connectivity index (χ1v) is 4.88. The molecule has 1 aromatic rings. The van der Waals surface area contributed by atoms with Crippen LogP contribution < -0.4 is 5.73 Å². The van der Waals surface area contributed by atoms with E-state index in [2.05, 4.69) is 9.98 Å². The molecule has 0 saturated carbocycles. The van der Waals surface area contributed by atoms with E-state index >= 15 is 0 Å². The average molecular weight is 211 g/mol. The third kappa shape index (κ3) is 1.37. The van der Waals surface area contributed by atoms with Crippen molar-refractivity contribution in [2.45, 2.75) is 20.0 Å². The van der Waals surface area contributed by atoms with Crippen LogP contribution >= 0.6 is 11.3 Å². The molecular formula is C8H9N3O2S. The summed E-state index contributed by atoms with van der Waals surface area (Å²) in [4.78, 5) is 19.8. The Hall–Kier alpha value is -1.43. The van der Waals surface area contributed by atoms with Crippen molar-refractivity contribution in [1.82, 2.24) is 4.98 Å². The van der Waals surface area contributed by atoms with Crippen LogP contribution in [0.5, 0.6) is 0 Å². The van der Waals surface area contributed by atoms with Crippen LogP contribution in [0.25, 0.3) is 0 Å². The van der Waals surface area contributed by atoms with Gasteiger partial charge in [-0.05, 0) is 13.8 Å². The summed E-state index contributed by atoms with van der Waals surface area (Å²) in [5, 5.41) is 0.902. The third-order valence-corrected chi connectivity index (χ3v) is 2.98. The molecule has 1 unspecified atom stereocenters. The topological polar surface area (TPSA) is 77.6 Å². The summed E-state index contributed by atoms with van der Waals surface area (Å²) >= 11 is 1.43. The number of aliphatic imine (C=N–C) groups is 1. The first-order chi connectivity index (χ1) is 6.58. The summed E-state index contributed by atoms with van der Waals surface area (Å²) in [7, 11) is 0. The number of ether oxygens (including phenoxy) is 1. The van der Waals surface area contributed by atoms with Crippen LogP contribution in [0.1, 0.15) is 21.7 Å². The van der Waals surface area contributed by atoms with Crippen LogP contribution in [0.3, 0.4) is 0 Å². The van der Waals surface area contributed by atoms with E-state index < -0.39 is 6.10 Å². The number of nitrogens with zero attached hydrogens (tertiary/aromatic N) is 2. The molecule has 1 amide bonds. The smallest absolute Gasteiger partial charge is 0.297 e. The Morgan fingerprint density at radius 2 is 2.21 bits per heavy atom. The predicted octanol–water partition coefficient (Wildman–Crippen LogP) is 0.673. The summed E-state index contributed by atoms with van der Waals surface area (Å²) in [5.41, 5.74) is 6.10. The molecular weight excluding hydrogens is 202 g/mol. The van der Waals surface area contributed by atoms with E-state index in [1.54, 1.807) is 0 Å². The van der Waals surface area contributed by atoms with Crippen molar-refractivity contribution in [2.75, 3.05) is 0 Å². The molecule has 0 fully saturated rings. The average Bonchev–Trinajstić information content (AvgIpc) is 2.55. The van der Waals surface area contributed by atoms with Gasteiger partial charge in [0.1, 0.15) is 0 Å². The number of aromatic nitrogens is 1. The number of nitrogens with two attached hydrogens (primary N) is 1. The summed E-state index contributed by atoms with van der Waals surface area (Å²) in [5.74, 6) is -0.353. The van der Waals surface area contributed by atoms with Gasteiger partial charge in [0.05, 0.1) is 15.6 Å². The van der Waals surface area contributed by atoms with Gasteiger partial charge >= 0.3 is 0 Å². The van der Waals surface area contributed by atoms with Crippen LogP contribution in [0, 0.1) is 13.8 Å². The lowest BCUT2D eigenvalue weighted by atomic mass is 10.2. The number of thiazole rings is 1. The fourth-order valence-corrected chi connectivity index (χ4v) is 2.27. The highest BCUT2D eigenvalue weighted by Gasteiger charge is 2.32. The number of amidine groups is 1. The van der Waals surface area contributed by atoms with Crippen molar-refractivity contribution in [3.05, 3.63) is 15.6 Å². The summed E-state index contributed by atoms with van der Waals surface area (Å²) in [6.07, 6.45) is -0.679. The highest BCUT2D eigenvalue weighted by molar-refractivity contribution is 7.11. The Morgan fingerprint density at radius 3 is 2.64 bits per heavy atom. The number of hydrogen-bond donors (Lipinski definition) is 1. The van der Waals surface area contributed by atoms with Gasteiger partial charge in [-0.2, -0.15) is 4.99 Å². The van der Waals surface area contributed by atoms with Crippen molar-refractivity contribution in [3.63, 3.8) is 0 Å². The van der Waals surface area contributed by atoms with E-state index in [1.807, 2.05) is 13.8 Å². The van der Waals surface area contributed by atoms with Crippen LogP contribution in [0.4, 0.5) is 0 Å². The highest BCUT2D eigenvalue weighted by atomic mass is 32.1. The Bertz CT molecular complexity index is 424. The second kappa shape index (κ2) is 3.06. The number of rotatable bonds is 1. The lowest BCUT2D eigenvalue weighted by Gasteiger charge is -2.05. The SMILES string of the molecule is Cc1nc(C)c(C2OC(N)=NC2=O)s1. The van der Waals surface area contributed by atoms with E-state index in [0.717, 1.165) is 15.6 Å². The summed E-state index contributed by atoms with van der Waals surface area (Å²) in [6, 6.07) is -0.0644. The van der Waals surface area contributed by atoms with Crippen LogP contribution in [-0.2, 0) is 9.53 Å². The van der Waals surface area contributed by atoms with E-state index in [9.17, 15) is 4.79 Å². The molecule has 1 aliphatic rings. The standard InChI is InChI=1S/C8H9N3O2S/c1-3-6(14-4(2)10-3)5-7(12)11-8(9)13-5/h5H,1-2H3,(H2,9,11,12). The maximum atomic E-state index is 11.3. The Morgan fingerprint density at radius 1 is 1.50 bits per heavy atom. The van der Waals surface area contributed by atoms with E-state index in [-0.39, 0.29) is 11.9 Å². The fourth-order valence-electron chi connectivity index (χ4n) is 1.32. The zero-order chi connectivity index (χ0) is 10.3. The van der Waals surface area contributed by atoms with Crippen LogP contribution in [0.2, 0.25) is 0 Å². The Labute approximate surface area is 84.6 Å². The van der Waals surface area contributed by atoms with Gasteiger partial charge in [0.2, 0.25) is 6.10 Å². The largest absolute Gasteiger partial charge is 0.446 e. The second-order valence-corrected chi connectivity index (χ2v) is 4.20. The molecule has 1 atom stereocenters. The van der Waals surface area contributed by atoms with Gasteiger partial charge in [-0.25, -0.2) is 4.98 Å². The van der Waals surface area contributed by atoms with Crippen molar-refractivity contribution in [2.24, 2.45) is 10.7 Å². The molecule has 1 aromatic heterocycles. The number of hydrogen-bond acceptors (Lipinski definition) is 5. The molecule has 14 heavy (non-hydrogen) atoms. The second-order valence-electron chi connectivity index (χ2n) is 2.97. The molecule has 0 aliphatic carbocycles. The van der Waals surface area contributed by atoms with E-state index in [4.69, 9.17) is 10.5 Å². The molecule has 5 nitrogen and oxygen atoms in total. The summed E-state index contributed by atoms with van der Waals surface area (Å²) in [6.45, 7) is 3.72. The minimum Gasteiger partial charge on any atom is -0.446 e. The first-order valence-electron chi connectivity index (χ1n) is 4.06. The molecule has 1 aliphatic heterocycles. The predicted molar refractivity (Wildman–Crippen MR) is 52.0 cm³/mol. The van der Waals surface area contributed by atoms with E-state index in [1.165, 1.54) is 11.3 Å². The molecule has 74 valence electrons. The minimum absolute atomic E-state index is 0.0644. The lowest BCUT2D eigenvalue weighted by molar-refractivity contribution is -0.122. The first kappa shape index (κ1) is 9.14. The highest BCUT2D eigenvalue weighted by Crippen LogP contribution is 2.30. The molecule has 2 N–H and O–H groups in total. The van der Waals surface area contributed by atoms with Gasteiger partial charge in [0.25, 0.3) is 11.9 Å². The molecule has 0 aromatic carbocycles. The van der Waals surface area contributed by atoms with E-state index in [0.29, 0.717) is 0 Å². The van der Waals surface area contributed by atoms with Gasteiger partial charge in [-0.3, -0.25) is 4.79 Å². The number of aryl methyl sites for hydroxylation is 2. The zero-order valence-corrected chi connectivity index (χ0v) is 8.59. The van der Waals surface area contributed by atoms with Crippen LogP contribution in [0.15, 0.2) is 4.99 Å². The van der Waals surface area contributed by atoms with Crippen molar-refractivity contribution < 1.29 is 9.53 Å². The number of carbonyl (C=O) groups is 1. The molecule has 0 radical (unpaired) electrons. The molecule has 0 saturated heterocycles. The molecule has 2 heterocycles. The third-order valence-electron chi connectivity index (χ3n) is 1.86. The maximum Gasteiger partial charge on any atom is 0.297 e. The quantitative estimate of drug-likeness (QED) is 0.740. The Kier molecular flexibility index (Phi) is 1.99. The van der Waals surface area contributed by atoms with Gasteiger partial charge < -0.3 is 10.5 Å². The Balaban J connectivity index is 2.34. The van der Waals surface area contributed by atoms with Crippen molar-refractivity contribution >= 4 is 23.3 Å². The number of amides is 1. The normalized spacial score (nSPS) is 20.9. The van der Waals surface area contributed by atoms with Gasteiger partial charge in [-0.15, -0.1) is 11.3 Å². The van der Waals surface area contributed by atoms with Gasteiger partial charge in [-0.1, -0.05) is 0 Å². The van der Waals surface area contributed by atoms with Crippen molar-refractivity contribution in [3.8, 4) is 0 Å². The fraction of sp³-hybridized carbons (Fsp3) is 0.375. The van der Waals surface area contributed by atoms with Gasteiger partial charge in [0, 0.05) is 0 Å². The number of carbonyl (C=O) groups excluding carboxylic acids is 1. The molecule has 6 heteroatoms. The van der Waals surface area contributed by atoms with Gasteiger partial charge in [0.15, 0.2) is 0 Å². The van der Waals surface area contributed by atoms with Crippen molar-refractivity contribution in [1.29, 1.82) is 0 Å². The lowest BCUT2D eigenvalue weighted by Crippen LogP contribution is -2.13. The minimum atomic E-state index is -0.679. The molecule has 0 spiro atoms. The molecule has 2 rings (SSSR count). The zero-order valence-electron chi connectivity index (χ0n) is 7.77.